The molecule has 3 aromatic carbocycles. The van der Waals surface area contributed by atoms with Crippen LogP contribution in [0.5, 0.6) is 11.5 Å². The maximum atomic E-state index is 12.8. The van der Waals surface area contributed by atoms with Gasteiger partial charge in [0, 0.05) is 30.9 Å². The molecular weight excluding hydrogens is 388 g/mol. The smallest absolute Gasteiger partial charge is 0.227 e. The summed E-state index contributed by atoms with van der Waals surface area (Å²) >= 11 is 0. The Morgan fingerprint density at radius 1 is 0.968 bits per heavy atom. The third kappa shape index (κ3) is 5.00. The van der Waals surface area contributed by atoms with Gasteiger partial charge in [-0.2, -0.15) is 0 Å². The Hall–Kier alpha value is -3.47. The lowest BCUT2D eigenvalue weighted by Crippen LogP contribution is -2.36. The summed E-state index contributed by atoms with van der Waals surface area (Å²) in [5, 5.41) is 3.41. The summed E-state index contributed by atoms with van der Waals surface area (Å²) in [6, 6.07) is 22.2. The Morgan fingerprint density at radius 2 is 1.74 bits per heavy atom. The number of nitrogens with zero attached hydrogens (tertiary/aromatic N) is 1. The molecule has 1 heterocycles. The van der Waals surface area contributed by atoms with Gasteiger partial charge in [-0.25, -0.2) is 0 Å². The van der Waals surface area contributed by atoms with Crippen LogP contribution in [0.25, 0.3) is 0 Å². The van der Waals surface area contributed by atoms with Crippen molar-refractivity contribution in [1.82, 2.24) is 4.90 Å². The van der Waals surface area contributed by atoms with E-state index in [9.17, 15) is 4.79 Å². The molecule has 5 heteroatoms. The van der Waals surface area contributed by atoms with Crippen LogP contribution in [0.1, 0.15) is 22.3 Å². The molecule has 0 atom stereocenters. The number of ether oxygens (including phenoxy) is 2. The molecule has 5 nitrogen and oxygen atoms in total. The highest BCUT2D eigenvalue weighted by molar-refractivity contribution is 5.79. The summed E-state index contributed by atoms with van der Waals surface area (Å²) in [5.74, 6) is 1.79. The highest BCUT2D eigenvalue weighted by Gasteiger charge is 2.20. The van der Waals surface area contributed by atoms with E-state index >= 15 is 0 Å². The van der Waals surface area contributed by atoms with E-state index in [1.807, 2.05) is 53.4 Å². The van der Waals surface area contributed by atoms with Gasteiger partial charge >= 0.3 is 0 Å². The molecule has 1 amide bonds. The summed E-state index contributed by atoms with van der Waals surface area (Å²) in [4.78, 5) is 14.8. The number of carbonyl (C=O) groups excluding carboxylic acids is 1. The average Bonchev–Trinajstić information content (AvgIpc) is 2.83. The summed E-state index contributed by atoms with van der Waals surface area (Å²) in [5.41, 5.74) is 5.65. The van der Waals surface area contributed by atoms with Crippen LogP contribution in [0.15, 0.2) is 66.7 Å². The van der Waals surface area contributed by atoms with Crippen molar-refractivity contribution in [3.63, 3.8) is 0 Å². The molecule has 0 aliphatic carbocycles. The number of methoxy groups -OCH3 is 2. The standard InChI is InChI=1S/C26H28N2O3/c1-30-24-11-12-25(31-2)22(16-24)17-27-23-9-7-19(8-10-23)15-26(29)28-14-13-20-5-3-4-6-21(20)18-28/h3-12,16,27H,13-15,17-18H2,1-2H3. The number of rotatable bonds is 7. The maximum Gasteiger partial charge on any atom is 0.227 e. The lowest BCUT2D eigenvalue weighted by molar-refractivity contribution is -0.131. The van der Waals surface area contributed by atoms with Crippen molar-refractivity contribution in [2.24, 2.45) is 0 Å². The Labute approximate surface area is 183 Å². The topological polar surface area (TPSA) is 50.8 Å². The zero-order valence-corrected chi connectivity index (χ0v) is 18.1. The molecule has 0 fully saturated rings. The van der Waals surface area contributed by atoms with Gasteiger partial charge < -0.3 is 19.7 Å². The van der Waals surface area contributed by atoms with Gasteiger partial charge in [0.05, 0.1) is 20.6 Å². The van der Waals surface area contributed by atoms with Gasteiger partial charge in [-0.1, -0.05) is 36.4 Å². The number of benzene rings is 3. The van der Waals surface area contributed by atoms with Crippen LogP contribution < -0.4 is 14.8 Å². The second kappa shape index (κ2) is 9.56. The molecule has 0 saturated carbocycles. The van der Waals surface area contributed by atoms with Gasteiger partial charge in [0.15, 0.2) is 0 Å². The Morgan fingerprint density at radius 3 is 2.48 bits per heavy atom. The molecular formula is C26H28N2O3. The third-order valence-corrected chi connectivity index (χ3v) is 5.76. The minimum absolute atomic E-state index is 0.177. The normalized spacial score (nSPS) is 12.8. The molecule has 1 N–H and O–H groups in total. The van der Waals surface area contributed by atoms with Crippen LogP contribution in [0.2, 0.25) is 0 Å². The molecule has 4 rings (SSSR count). The number of amides is 1. The zero-order valence-electron chi connectivity index (χ0n) is 18.1. The van der Waals surface area contributed by atoms with Gasteiger partial charge in [0.1, 0.15) is 11.5 Å². The average molecular weight is 417 g/mol. The predicted molar refractivity (Wildman–Crippen MR) is 123 cm³/mol. The fraction of sp³-hybridized carbons (Fsp3) is 0.269. The summed E-state index contributed by atoms with van der Waals surface area (Å²) in [7, 11) is 3.32. The second-order valence-electron chi connectivity index (χ2n) is 7.74. The molecule has 1 aliphatic rings. The minimum atomic E-state index is 0.177. The Balaban J connectivity index is 1.34. The summed E-state index contributed by atoms with van der Waals surface area (Å²) in [6.07, 6.45) is 1.35. The molecule has 1 aliphatic heterocycles. The first-order valence-corrected chi connectivity index (χ1v) is 10.5. The van der Waals surface area contributed by atoms with Crippen molar-refractivity contribution >= 4 is 11.6 Å². The minimum Gasteiger partial charge on any atom is -0.497 e. The van der Waals surface area contributed by atoms with Crippen LogP contribution in [0.4, 0.5) is 5.69 Å². The monoisotopic (exact) mass is 416 g/mol. The van der Waals surface area contributed by atoms with Crippen molar-refractivity contribution in [1.29, 1.82) is 0 Å². The maximum absolute atomic E-state index is 12.8. The fourth-order valence-corrected chi connectivity index (χ4v) is 3.95. The van der Waals surface area contributed by atoms with Gasteiger partial charge in [-0.15, -0.1) is 0 Å². The van der Waals surface area contributed by atoms with Crippen molar-refractivity contribution in [3.8, 4) is 11.5 Å². The summed E-state index contributed by atoms with van der Waals surface area (Å²) in [6.45, 7) is 2.11. The first-order valence-electron chi connectivity index (χ1n) is 10.5. The lowest BCUT2D eigenvalue weighted by Gasteiger charge is -2.29. The number of fused-ring (bicyclic) bond motifs is 1. The van der Waals surface area contributed by atoms with E-state index in [-0.39, 0.29) is 5.91 Å². The van der Waals surface area contributed by atoms with E-state index in [4.69, 9.17) is 9.47 Å². The zero-order chi connectivity index (χ0) is 21.6. The Kier molecular flexibility index (Phi) is 6.41. The predicted octanol–water partition coefficient (Wildman–Crippen LogP) is 4.44. The van der Waals surface area contributed by atoms with Crippen LogP contribution in [0.3, 0.4) is 0 Å². The van der Waals surface area contributed by atoms with E-state index in [2.05, 4.69) is 23.5 Å². The van der Waals surface area contributed by atoms with Gasteiger partial charge in [0.2, 0.25) is 5.91 Å². The van der Waals surface area contributed by atoms with E-state index in [1.165, 1.54) is 11.1 Å². The van der Waals surface area contributed by atoms with Crippen molar-refractivity contribution < 1.29 is 14.3 Å². The molecule has 0 bridgehead atoms. The van der Waals surface area contributed by atoms with Gasteiger partial charge in [0.25, 0.3) is 0 Å². The van der Waals surface area contributed by atoms with Gasteiger partial charge in [-0.05, 0) is 53.4 Å². The van der Waals surface area contributed by atoms with E-state index in [0.29, 0.717) is 19.5 Å². The molecule has 3 aromatic rings. The van der Waals surface area contributed by atoms with Crippen LogP contribution >= 0.6 is 0 Å². The number of hydrogen-bond donors (Lipinski definition) is 1. The number of carbonyl (C=O) groups is 1. The molecule has 0 spiro atoms. The molecule has 160 valence electrons. The first-order chi connectivity index (χ1) is 15.2. The SMILES string of the molecule is COc1ccc(OC)c(CNc2ccc(CC(=O)N3CCc4ccccc4C3)cc2)c1. The van der Waals surface area contributed by atoms with E-state index in [0.717, 1.165) is 41.3 Å². The van der Waals surface area contributed by atoms with Crippen molar-refractivity contribution in [2.45, 2.75) is 25.9 Å². The molecule has 31 heavy (non-hydrogen) atoms. The third-order valence-electron chi connectivity index (χ3n) is 5.76. The van der Waals surface area contributed by atoms with Crippen molar-refractivity contribution in [2.75, 3.05) is 26.1 Å². The fourth-order valence-electron chi connectivity index (χ4n) is 3.95. The first kappa shape index (κ1) is 20.8. The highest BCUT2D eigenvalue weighted by Crippen LogP contribution is 2.25. The quantitative estimate of drug-likeness (QED) is 0.619. The van der Waals surface area contributed by atoms with Gasteiger partial charge in [-0.3, -0.25) is 4.79 Å². The molecule has 0 saturated heterocycles. The lowest BCUT2D eigenvalue weighted by atomic mass is 9.99. The number of hydrogen-bond acceptors (Lipinski definition) is 4. The molecule has 0 unspecified atom stereocenters. The number of anilines is 1. The van der Waals surface area contributed by atoms with Crippen LogP contribution in [-0.2, 0) is 30.7 Å². The van der Waals surface area contributed by atoms with E-state index in [1.54, 1.807) is 14.2 Å². The van der Waals surface area contributed by atoms with Crippen LogP contribution in [-0.4, -0.2) is 31.6 Å². The number of nitrogens with one attached hydrogen (secondary N) is 1. The Bertz CT molecular complexity index is 1050. The second-order valence-corrected chi connectivity index (χ2v) is 7.74. The largest absolute Gasteiger partial charge is 0.497 e. The van der Waals surface area contributed by atoms with E-state index < -0.39 is 0 Å². The van der Waals surface area contributed by atoms with Crippen LogP contribution in [0, 0.1) is 0 Å². The molecule has 0 radical (unpaired) electrons. The molecule has 0 aromatic heterocycles. The highest BCUT2D eigenvalue weighted by atomic mass is 16.5. The summed E-state index contributed by atoms with van der Waals surface area (Å²) < 4.78 is 10.7. The van der Waals surface area contributed by atoms with Crippen molar-refractivity contribution in [3.05, 3.63) is 89.0 Å².